The van der Waals surface area contributed by atoms with Gasteiger partial charge in [0.05, 0.1) is 12.1 Å². The van der Waals surface area contributed by atoms with Crippen LogP contribution in [-0.4, -0.2) is 86.1 Å². The van der Waals surface area contributed by atoms with Crippen molar-refractivity contribution in [3.8, 4) is 0 Å². The molecule has 0 unspecified atom stereocenters. The van der Waals surface area contributed by atoms with E-state index in [4.69, 9.17) is 0 Å². The number of β-amino-alcohol motifs (C(OH)–C–C–N with tert-alkyl or cyclic N) is 1. The van der Waals surface area contributed by atoms with Crippen LogP contribution in [0, 0.1) is 0 Å². The Morgan fingerprint density at radius 3 is 2.46 bits per heavy atom. The molecule has 0 aromatic heterocycles. The maximum absolute atomic E-state index is 12.5. The van der Waals surface area contributed by atoms with Gasteiger partial charge in [-0.15, -0.1) is 0 Å². The van der Waals surface area contributed by atoms with Crippen LogP contribution in [0.25, 0.3) is 0 Å². The SMILES string of the molecule is CN1CCN([C@@H]2CN(S(=O)(=O)NCc3ccccc3)C[C@H]2O)CC1. The van der Waals surface area contributed by atoms with Crippen molar-refractivity contribution in [1.82, 2.24) is 18.8 Å². The topological polar surface area (TPSA) is 76.1 Å². The molecule has 2 N–H and O–H groups in total. The molecule has 0 radical (unpaired) electrons. The number of rotatable bonds is 5. The van der Waals surface area contributed by atoms with Gasteiger partial charge in [0.1, 0.15) is 0 Å². The third kappa shape index (κ3) is 4.14. The van der Waals surface area contributed by atoms with Gasteiger partial charge in [-0.25, -0.2) is 0 Å². The largest absolute Gasteiger partial charge is 0.390 e. The van der Waals surface area contributed by atoms with Gasteiger partial charge in [0.25, 0.3) is 10.2 Å². The van der Waals surface area contributed by atoms with Crippen LogP contribution in [0.15, 0.2) is 30.3 Å². The second-order valence-corrected chi connectivity index (χ2v) is 8.36. The molecule has 2 heterocycles. The molecule has 134 valence electrons. The zero-order chi connectivity index (χ0) is 17.2. The molecule has 2 fully saturated rings. The summed E-state index contributed by atoms with van der Waals surface area (Å²) < 4.78 is 29.0. The molecule has 2 aliphatic heterocycles. The monoisotopic (exact) mass is 354 g/mol. The lowest BCUT2D eigenvalue weighted by atomic mass is 10.1. The van der Waals surface area contributed by atoms with E-state index < -0.39 is 16.3 Å². The molecule has 1 aromatic rings. The second-order valence-electron chi connectivity index (χ2n) is 6.60. The highest BCUT2D eigenvalue weighted by atomic mass is 32.2. The Morgan fingerprint density at radius 2 is 1.79 bits per heavy atom. The van der Waals surface area contributed by atoms with Gasteiger partial charge in [0, 0.05) is 45.8 Å². The van der Waals surface area contributed by atoms with Crippen LogP contribution in [-0.2, 0) is 16.8 Å². The van der Waals surface area contributed by atoms with Crippen LogP contribution >= 0.6 is 0 Å². The Balaban J connectivity index is 1.58. The first kappa shape index (κ1) is 17.8. The third-order valence-electron chi connectivity index (χ3n) is 4.87. The molecule has 24 heavy (non-hydrogen) atoms. The summed E-state index contributed by atoms with van der Waals surface area (Å²) in [6.07, 6.45) is -0.637. The molecule has 0 aliphatic carbocycles. The Bertz CT molecular complexity index is 632. The van der Waals surface area contributed by atoms with Gasteiger partial charge >= 0.3 is 0 Å². The van der Waals surface area contributed by atoms with E-state index in [1.165, 1.54) is 4.31 Å². The van der Waals surface area contributed by atoms with E-state index in [-0.39, 0.29) is 19.1 Å². The summed E-state index contributed by atoms with van der Waals surface area (Å²) in [6.45, 7) is 4.38. The molecule has 1 aromatic carbocycles. The van der Waals surface area contributed by atoms with E-state index in [1.807, 2.05) is 30.3 Å². The number of nitrogens with zero attached hydrogens (tertiary/aromatic N) is 3. The molecule has 2 aliphatic rings. The van der Waals surface area contributed by atoms with Gasteiger partial charge in [-0.1, -0.05) is 30.3 Å². The van der Waals surface area contributed by atoms with E-state index in [2.05, 4.69) is 21.6 Å². The quantitative estimate of drug-likeness (QED) is 0.732. The van der Waals surface area contributed by atoms with Crippen molar-refractivity contribution in [2.75, 3.05) is 46.3 Å². The van der Waals surface area contributed by atoms with Gasteiger partial charge in [-0.3, -0.25) is 4.90 Å². The molecule has 0 saturated carbocycles. The summed E-state index contributed by atoms with van der Waals surface area (Å²) in [5.41, 5.74) is 0.913. The van der Waals surface area contributed by atoms with Crippen molar-refractivity contribution < 1.29 is 13.5 Å². The molecule has 0 bridgehead atoms. The standard InChI is InChI=1S/C16H26N4O3S/c1-18-7-9-19(10-8-18)15-12-20(13-16(15)21)24(22,23)17-11-14-5-3-2-4-6-14/h2-6,15-17,21H,7-13H2,1H3/t15-,16-/m1/s1. The van der Waals surface area contributed by atoms with Crippen LogP contribution in [0.2, 0.25) is 0 Å². The Hall–Kier alpha value is -1.03. The van der Waals surface area contributed by atoms with Gasteiger partial charge < -0.3 is 10.0 Å². The number of benzene rings is 1. The van der Waals surface area contributed by atoms with E-state index >= 15 is 0 Å². The van der Waals surface area contributed by atoms with Crippen LogP contribution in [0.4, 0.5) is 0 Å². The average molecular weight is 354 g/mol. The fourth-order valence-electron chi connectivity index (χ4n) is 3.31. The number of hydrogen-bond donors (Lipinski definition) is 2. The number of likely N-dealkylation sites (N-methyl/N-ethyl adjacent to an activating group) is 1. The minimum atomic E-state index is -3.59. The minimum Gasteiger partial charge on any atom is -0.390 e. The molecule has 2 atom stereocenters. The smallest absolute Gasteiger partial charge is 0.279 e. The molecular weight excluding hydrogens is 328 g/mol. The van der Waals surface area contributed by atoms with Crippen molar-refractivity contribution >= 4 is 10.2 Å². The van der Waals surface area contributed by atoms with E-state index in [0.717, 1.165) is 31.7 Å². The highest BCUT2D eigenvalue weighted by Gasteiger charge is 2.41. The Kier molecular flexibility index (Phi) is 5.53. The van der Waals surface area contributed by atoms with E-state index in [1.54, 1.807) is 0 Å². The van der Waals surface area contributed by atoms with Crippen LogP contribution in [0.3, 0.4) is 0 Å². The normalized spacial score (nSPS) is 27.6. The van der Waals surface area contributed by atoms with Gasteiger partial charge in [-0.2, -0.15) is 17.4 Å². The Morgan fingerprint density at radius 1 is 1.12 bits per heavy atom. The lowest BCUT2D eigenvalue weighted by molar-refractivity contribution is 0.0512. The molecule has 0 amide bonds. The summed E-state index contributed by atoms with van der Waals surface area (Å²) >= 11 is 0. The zero-order valence-electron chi connectivity index (χ0n) is 14.0. The van der Waals surface area contributed by atoms with Crippen LogP contribution in [0.5, 0.6) is 0 Å². The summed E-state index contributed by atoms with van der Waals surface area (Å²) in [7, 11) is -1.51. The predicted octanol–water partition coefficient (Wildman–Crippen LogP) is -0.686. The summed E-state index contributed by atoms with van der Waals surface area (Å²) in [5.74, 6) is 0. The van der Waals surface area contributed by atoms with Crippen molar-refractivity contribution in [1.29, 1.82) is 0 Å². The van der Waals surface area contributed by atoms with Gasteiger partial charge in [0.15, 0.2) is 0 Å². The van der Waals surface area contributed by atoms with E-state index in [9.17, 15) is 13.5 Å². The highest BCUT2D eigenvalue weighted by Crippen LogP contribution is 2.20. The first-order valence-electron chi connectivity index (χ1n) is 8.35. The van der Waals surface area contributed by atoms with Crippen molar-refractivity contribution in [3.05, 3.63) is 35.9 Å². The van der Waals surface area contributed by atoms with Crippen molar-refractivity contribution in [2.24, 2.45) is 0 Å². The zero-order valence-corrected chi connectivity index (χ0v) is 14.8. The predicted molar refractivity (Wildman–Crippen MR) is 92.6 cm³/mol. The van der Waals surface area contributed by atoms with Crippen LogP contribution < -0.4 is 4.72 Å². The fourth-order valence-corrected chi connectivity index (χ4v) is 4.54. The molecule has 8 heteroatoms. The third-order valence-corrected chi connectivity index (χ3v) is 6.36. The lowest BCUT2D eigenvalue weighted by Crippen LogP contribution is -2.52. The molecule has 3 rings (SSSR count). The molecule has 2 saturated heterocycles. The minimum absolute atomic E-state index is 0.119. The van der Waals surface area contributed by atoms with Crippen molar-refractivity contribution in [3.63, 3.8) is 0 Å². The number of hydrogen-bond acceptors (Lipinski definition) is 5. The summed E-state index contributed by atoms with van der Waals surface area (Å²) in [5, 5.41) is 10.3. The second kappa shape index (κ2) is 7.47. The Labute approximate surface area is 144 Å². The lowest BCUT2D eigenvalue weighted by Gasteiger charge is -2.37. The molecular formula is C16H26N4O3S. The fraction of sp³-hybridized carbons (Fsp3) is 0.625. The average Bonchev–Trinajstić information content (AvgIpc) is 2.98. The number of piperazine rings is 1. The van der Waals surface area contributed by atoms with E-state index in [0.29, 0.717) is 6.54 Å². The summed E-state index contributed by atoms with van der Waals surface area (Å²) in [4.78, 5) is 4.45. The molecule has 7 nitrogen and oxygen atoms in total. The molecule has 0 spiro atoms. The maximum Gasteiger partial charge on any atom is 0.279 e. The van der Waals surface area contributed by atoms with Gasteiger partial charge in [-0.05, 0) is 12.6 Å². The number of aliphatic hydroxyl groups is 1. The highest BCUT2D eigenvalue weighted by molar-refractivity contribution is 7.87. The number of nitrogens with one attached hydrogen (secondary N) is 1. The van der Waals surface area contributed by atoms with Crippen molar-refractivity contribution in [2.45, 2.75) is 18.7 Å². The maximum atomic E-state index is 12.5. The van der Waals surface area contributed by atoms with Crippen LogP contribution in [0.1, 0.15) is 5.56 Å². The number of aliphatic hydroxyl groups excluding tert-OH is 1. The van der Waals surface area contributed by atoms with Gasteiger partial charge in [0.2, 0.25) is 0 Å². The summed E-state index contributed by atoms with van der Waals surface area (Å²) in [6, 6.07) is 9.31. The first-order valence-corrected chi connectivity index (χ1v) is 9.79. The first-order chi connectivity index (χ1) is 11.5.